The van der Waals surface area contributed by atoms with Gasteiger partial charge in [-0.3, -0.25) is 9.89 Å². The molecule has 32 heavy (non-hydrogen) atoms. The molecule has 160 valence electrons. The number of aryl methyl sites for hydroxylation is 3. The first-order chi connectivity index (χ1) is 15.5. The number of benzene rings is 1. The molecule has 0 fully saturated rings. The molecular formula is C26H24N4OS. The Hall–Kier alpha value is -3.64. The van der Waals surface area contributed by atoms with Crippen molar-refractivity contribution in [1.29, 1.82) is 0 Å². The third kappa shape index (κ3) is 3.52. The van der Waals surface area contributed by atoms with Crippen LogP contribution in [0.4, 0.5) is 0 Å². The van der Waals surface area contributed by atoms with Gasteiger partial charge in [-0.2, -0.15) is 0 Å². The minimum Gasteiger partial charge on any atom is -0.317 e. The highest BCUT2D eigenvalue weighted by Crippen LogP contribution is 2.33. The Morgan fingerprint density at radius 3 is 2.53 bits per heavy atom. The summed E-state index contributed by atoms with van der Waals surface area (Å²) in [5.41, 5.74) is 7.52. The van der Waals surface area contributed by atoms with E-state index < -0.39 is 0 Å². The Labute approximate surface area is 190 Å². The SMILES string of the molecule is Cc1nc2cc(-c3sccc3-n3c(C)ccc3C)[nH]n2c(=O)c1CC=Cc1ccccc1. The quantitative estimate of drug-likeness (QED) is 0.380. The molecule has 5 aromatic rings. The fourth-order valence-electron chi connectivity index (χ4n) is 4.13. The lowest BCUT2D eigenvalue weighted by Crippen LogP contribution is -2.21. The van der Waals surface area contributed by atoms with Crippen LogP contribution in [-0.2, 0) is 6.42 Å². The van der Waals surface area contributed by atoms with Crippen molar-refractivity contribution < 1.29 is 0 Å². The summed E-state index contributed by atoms with van der Waals surface area (Å²) < 4.78 is 3.80. The highest BCUT2D eigenvalue weighted by atomic mass is 32.1. The molecule has 0 aliphatic heterocycles. The summed E-state index contributed by atoms with van der Waals surface area (Å²) in [4.78, 5) is 19.1. The molecule has 0 aliphatic carbocycles. The van der Waals surface area contributed by atoms with Crippen molar-refractivity contribution in [3.63, 3.8) is 0 Å². The summed E-state index contributed by atoms with van der Waals surface area (Å²) >= 11 is 1.65. The minimum absolute atomic E-state index is 0.0529. The van der Waals surface area contributed by atoms with Crippen molar-refractivity contribution in [2.24, 2.45) is 0 Å². The van der Waals surface area contributed by atoms with Gasteiger partial charge in [0.05, 0.1) is 16.3 Å². The maximum absolute atomic E-state index is 13.3. The number of H-pyrrole nitrogens is 1. The van der Waals surface area contributed by atoms with Gasteiger partial charge in [-0.1, -0.05) is 42.5 Å². The normalized spacial score (nSPS) is 11.7. The van der Waals surface area contributed by atoms with Crippen LogP contribution in [0.15, 0.2) is 70.8 Å². The van der Waals surface area contributed by atoms with E-state index in [4.69, 9.17) is 4.98 Å². The van der Waals surface area contributed by atoms with Crippen LogP contribution in [0.3, 0.4) is 0 Å². The number of rotatable bonds is 5. The van der Waals surface area contributed by atoms with Crippen LogP contribution >= 0.6 is 11.3 Å². The second-order valence-electron chi connectivity index (χ2n) is 7.95. The van der Waals surface area contributed by atoms with Gasteiger partial charge in [0.25, 0.3) is 5.56 Å². The highest BCUT2D eigenvalue weighted by molar-refractivity contribution is 7.14. The first-order valence-corrected chi connectivity index (χ1v) is 11.5. The van der Waals surface area contributed by atoms with Gasteiger partial charge in [-0.05, 0) is 56.3 Å². The summed E-state index contributed by atoms with van der Waals surface area (Å²) in [7, 11) is 0. The van der Waals surface area contributed by atoms with Crippen molar-refractivity contribution in [2.45, 2.75) is 27.2 Å². The van der Waals surface area contributed by atoms with E-state index in [0.29, 0.717) is 17.6 Å². The van der Waals surface area contributed by atoms with E-state index in [1.807, 2.05) is 55.5 Å². The van der Waals surface area contributed by atoms with E-state index in [1.165, 1.54) is 11.4 Å². The van der Waals surface area contributed by atoms with Gasteiger partial charge in [0.2, 0.25) is 0 Å². The Balaban J connectivity index is 1.54. The van der Waals surface area contributed by atoms with E-state index in [1.54, 1.807) is 15.9 Å². The first-order valence-electron chi connectivity index (χ1n) is 10.6. The lowest BCUT2D eigenvalue weighted by atomic mass is 10.1. The lowest BCUT2D eigenvalue weighted by Gasteiger charge is -2.09. The molecule has 6 heteroatoms. The molecule has 5 rings (SSSR count). The largest absolute Gasteiger partial charge is 0.317 e. The Bertz CT molecular complexity index is 1480. The third-order valence-electron chi connectivity index (χ3n) is 5.75. The standard InChI is InChI=1S/C26H24N4OS/c1-17-12-13-18(2)29(17)23-14-15-32-25(23)22-16-24-27-19(3)21(26(31)30(24)28-22)11-7-10-20-8-5-4-6-9-20/h4-10,12-16,28H,11H2,1-3H3. The second kappa shape index (κ2) is 8.13. The predicted octanol–water partition coefficient (Wildman–Crippen LogP) is 5.72. The molecule has 0 spiro atoms. The van der Waals surface area contributed by atoms with Crippen molar-refractivity contribution in [2.75, 3.05) is 0 Å². The average Bonchev–Trinajstić information content (AvgIpc) is 3.49. The van der Waals surface area contributed by atoms with Gasteiger partial charge in [0.1, 0.15) is 0 Å². The maximum Gasteiger partial charge on any atom is 0.276 e. The van der Waals surface area contributed by atoms with Crippen LogP contribution in [0.1, 0.15) is 28.2 Å². The van der Waals surface area contributed by atoms with E-state index in [9.17, 15) is 4.79 Å². The van der Waals surface area contributed by atoms with Crippen molar-refractivity contribution >= 4 is 23.1 Å². The number of allylic oxidation sites excluding steroid dienone is 1. The molecule has 0 saturated carbocycles. The molecule has 1 aromatic carbocycles. The van der Waals surface area contributed by atoms with Gasteiger partial charge in [0, 0.05) is 28.7 Å². The van der Waals surface area contributed by atoms with Crippen molar-refractivity contribution in [1.82, 2.24) is 19.2 Å². The lowest BCUT2D eigenvalue weighted by molar-refractivity contribution is 0.866. The van der Waals surface area contributed by atoms with Crippen LogP contribution in [0.5, 0.6) is 0 Å². The molecule has 0 atom stereocenters. The highest BCUT2D eigenvalue weighted by Gasteiger charge is 2.17. The summed E-state index contributed by atoms with van der Waals surface area (Å²) in [5, 5.41) is 5.38. The number of nitrogens with one attached hydrogen (secondary N) is 1. The Morgan fingerprint density at radius 1 is 1.03 bits per heavy atom. The molecule has 4 aromatic heterocycles. The summed E-state index contributed by atoms with van der Waals surface area (Å²) in [6.07, 6.45) is 4.59. The Kier molecular flexibility index (Phi) is 5.15. The molecule has 0 saturated heterocycles. The molecule has 0 radical (unpaired) electrons. The van der Waals surface area contributed by atoms with Crippen LogP contribution in [0.2, 0.25) is 0 Å². The van der Waals surface area contributed by atoms with E-state index >= 15 is 0 Å². The zero-order chi connectivity index (χ0) is 22.2. The number of hydrogen-bond donors (Lipinski definition) is 1. The first kappa shape index (κ1) is 20.3. The van der Waals surface area contributed by atoms with E-state index in [-0.39, 0.29) is 5.56 Å². The van der Waals surface area contributed by atoms with Crippen LogP contribution in [0, 0.1) is 20.8 Å². The van der Waals surface area contributed by atoms with Crippen molar-refractivity contribution in [3.8, 4) is 16.3 Å². The zero-order valence-electron chi connectivity index (χ0n) is 18.3. The average molecular weight is 441 g/mol. The summed E-state index contributed by atoms with van der Waals surface area (Å²) in [5.74, 6) is 0. The van der Waals surface area contributed by atoms with Crippen LogP contribution < -0.4 is 5.56 Å². The number of hydrogen-bond acceptors (Lipinski definition) is 3. The van der Waals surface area contributed by atoms with Gasteiger partial charge in [0.15, 0.2) is 5.65 Å². The summed E-state index contributed by atoms with van der Waals surface area (Å²) in [6, 6.07) is 18.4. The topological polar surface area (TPSA) is 55.1 Å². The molecule has 4 heterocycles. The Morgan fingerprint density at radius 2 is 1.78 bits per heavy atom. The predicted molar refractivity (Wildman–Crippen MR) is 132 cm³/mol. The minimum atomic E-state index is -0.0529. The fraction of sp³-hybridized carbons (Fsp3) is 0.154. The maximum atomic E-state index is 13.3. The summed E-state index contributed by atoms with van der Waals surface area (Å²) in [6.45, 7) is 6.11. The van der Waals surface area contributed by atoms with E-state index in [2.05, 4.69) is 47.1 Å². The number of nitrogens with zero attached hydrogens (tertiary/aromatic N) is 3. The molecule has 0 amide bonds. The van der Waals surface area contributed by atoms with Gasteiger partial charge >= 0.3 is 0 Å². The fourth-order valence-corrected chi connectivity index (χ4v) is 4.97. The molecule has 1 N–H and O–H groups in total. The van der Waals surface area contributed by atoms with Crippen LogP contribution in [-0.4, -0.2) is 19.2 Å². The van der Waals surface area contributed by atoms with Crippen molar-refractivity contribution in [3.05, 3.63) is 105 Å². The number of aromatic nitrogens is 4. The number of fused-ring (bicyclic) bond motifs is 1. The second-order valence-corrected chi connectivity index (χ2v) is 8.86. The molecule has 0 bridgehead atoms. The number of aromatic amines is 1. The molecule has 0 unspecified atom stereocenters. The smallest absolute Gasteiger partial charge is 0.276 e. The monoisotopic (exact) mass is 440 g/mol. The van der Waals surface area contributed by atoms with Gasteiger partial charge in [-0.15, -0.1) is 11.3 Å². The third-order valence-corrected chi connectivity index (χ3v) is 6.68. The molecular weight excluding hydrogens is 416 g/mol. The van der Waals surface area contributed by atoms with Gasteiger partial charge < -0.3 is 4.57 Å². The number of thiophene rings is 1. The van der Waals surface area contributed by atoms with Gasteiger partial charge in [-0.25, -0.2) is 9.50 Å². The molecule has 5 nitrogen and oxygen atoms in total. The van der Waals surface area contributed by atoms with Crippen LogP contribution in [0.25, 0.3) is 28.0 Å². The zero-order valence-corrected chi connectivity index (χ0v) is 19.1. The van der Waals surface area contributed by atoms with E-state index in [0.717, 1.165) is 27.5 Å². The molecule has 0 aliphatic rings.